The highest BCUT2D eigenvalue weighted by molar-refractivity contribution is 6.04. The van der Waals surface area contributed by atoms with E-state index in [1.807, 2.05) is 0 Å². The Labute approximate surface area is 196 Å². The van der Waals surface area contributed by atoms with Crippen LogP contribution in [0.15, 0.2) is 72.8 Å². The van der Waals surface area contributed by atoms with E-state index < -0.39 is 12.2 Å². The monoisotopic (exact) mass is 460 g/mol. The highest BCUT2D eigenvalue weighted by Crippen LogP contribution is 2.23. The molecule has 34 heavy (non-hydrogen) atoms. The molecule has 174 valence electrons. The van der Waals surface area contributed by atoms with E-state index in [9.17, 15) is 9.59 Å². The van der Waals surface area contributed by atoms with E-state index in [0.29, 0.717) is 40.5 Å². The number of hydrogen-bond donors (Lipinski definition) is 3. The highest BCUT2D eigenvalue weighted by atomic mass is 16.6. The van der Waals surface area contributed by atoms with E-state index in [2.05, 4.69) is 5.32 Å². The largest absolute Gasteiger partial charge is 0.497 e. The number of nitrogen functional groups attached to an aromatic ring is 1. The fraction of sp³-hybridized carbons (Fsp3) is 0.160. The molecule has 1 atom stereocenters. The van der Waals surface area contributed by atoms with E-state index in [-0.39, 0.29) is 18.3 Å². The molecule has 9 heteroatoms. The maximum Gasteiger partial charge on any atom is 0.414 e. The number of carbonyl (C=O) groups is 2. The second kappa shape index (κ2) is 9.95. The molecule has 1 heterocycles. The minimum atomic E-state index is -0.478. The molecular formula is C25H24N4O5. The van der Waals surface area contributed by atoms with Gasteiger partial charge in [0.1, 0.15) is 23.9 Å². The number of amidine groups is 1. The number of cyclic esters (lactones) is 1. The summed E-state index contributed by atoms with van der Waals surface area (Å²) >= 11 is 0. The second-order valence-corrected chi connectivity index (χ2v) is 7.60. The number of anilines is 2. The molecular weight excluding hydrogens is 436 g/mol. The molecule has 9 nitrogen and oxygen atoms in total. The van der Waals surface area contributed by atoms with Crippen molar-refractivity contribution in [3.05, 3.63) is 83.9 Å². The molecule has 4 rings (SSSR count). The number of nitrogens with two attached hydrogens (primary N) is 1. The molecule has 1 aliphatic rings. The Hall–Kier alpha value is -4.53. The molecule has 3 aromatic rings. The Morgan fingerprint density at radius 2 is 1.82 bits per heavy atom. The van der Waals surface area contributed by atoms with Gasteiger partial charge in [-0.15, -0.1) is 0 Å². The smallest absolute Gasteiger partial charge is 0.414 e. The minimum absolute atomic E-state index is 0.0405. The Bertz CT molecular complexity index is 1210. The Morgan fingerprint density at radius 3 is 2.56 bits per heavy atom. The zero-order valence-corrected chi connectivity index (χ0v) is 18.5. The van der Waals surface area contributed by atoms with Crippen LogP contribution in [0.1, 0.15) is 15.9 Å². The van der Waals surface area contributed by atoms with Crippen molar-refractivity contribution in [3.8, 4) is 11.5 Å². The standard InChI is InChI=1S/C25H24N4O5/c1-32-20-6-3-5-18(13-20)28-24(30)17-4-2-7-21(12-17)33-15-22-14-29(25(31)34-22)19-10-8-16(9-11-19)23(26)27/h2-13,22H,14-15H2,1H3,(H3,26,27)(H,28,30). The van der Waals surface area contributed by atoms with Gasteiger partial charge in [0.2, 0.25) is 0 Å². The molecule has 0 radical (unpaired) electrons. The van der Waals surface area contributed by atoms with Gasteiger partial charge in [-0.1, -0.05) is 12.1 Å². The number of nitrogens with one attached hydrogen (secondary N) is 2. The van der Waals surface area contributed by atoms with Crippen molar-refractivity contribution in [2.24, 2.45) is 5.73 Å². The van der Waals surface area contributed by atoms with E-state index in [1.165, 1.54) is 4.90 Å². The Balaban J connectivity index is 1.35. The van der Waals surface area contributed by atoms with Crippen LogP contribution in [-0.2, 0) is 4.74 Å². The molecule has 0 bridgehead atoms. The van der Waals surface area contributed by atoms with E-state index in [0.717, 1.165) is 0 Å². The average Bonchev–Trinajstić information content (AvgIpc) is 3.23. The fourth-order valence-corrected chi connectivity index (χ4v) is 3.46. The SMILES string of the molecule is COc1cccc(NC(=O)c2cccc(OCC3CN(c4ccc(C(=N)N)cc4)C(=O)O3)c2)c1. The van der Waals surface area contributed by atoms with Crippen LogP contribution < -0.4 is 25.4 Å². The first kappa shape index (κ1) is 22.7. The molecule has 1 aliphatic heterocycles. The van der Waals surface area contributed by atoms with Crippen LogP contribution in [0, 0.1) is 5.41 Å². The van der Waals surface area contributed by atoms with Gasteiger partial charge in [-0.25, -0.2) is 4.79 Å². The van der Waals surface area contributed by atoms with Crippen molar-refractivity contribution < 1.29 is 23.8 Å². The number of methoxy groups -OCH3 is 1. The normalized spacial score (nSPS) is 14.9. The number of ether oxygens (including phenoxy) is 3. The van der Waals surface area contributed by atoms with Crippen molar-refractivity contribution in [1.29, 1.82) is 5.41 Å². The minimum Gasteiger partial charge on any atom is -0.497 e. The number of benzene rings is 3. The molecule has 1 saturated heterocycles. The number of carbonyl (C=O) groups excluding carboxylic acids is 2. The molecule has 0 spiro atoms. The lowest BCUT2D eigenvalue weighted by Gasteiger charge is -2.14. The first-order valence-corrected chi connectivity index (χ1v) is 10.5. The van der Waals surface area contributed by atoms with Crippen LogP contribution in [0.4, 0.5) is 16.2 Å². The maximum atomic E-state index is 12.6. The molecule has 0 aliphatic carbocycles. The van der Waals surface area contributed by atoms with Crippen molar-refractivity contribution in [2.75, 3.05) is 30.5 Å². The molecule has 1 unspecified atom stereocenters. The van der Waals surface area contributed by atoms with Crippen LogP contribution >= 0.6 is 0 Å². The van der Waals surface area contributed by atoms with Gasteiger partial charge in [0, 0.05) is 28.6 Å². The zero-order chi connectivity index (χ0) is 24.1. The summed E-state index contributed by atoms with van der Waals surface area (Å²) in [5.74, 6) is 0.802. The summed E-state index contributed by atoms with van der Waals surface area (Å²) in [5, 5.41) is 10.3. The molecule has 0 aromatic heterocycles. The summed E-state index contributed by atoms with van der Waals surface area (Å²) in [6.07, 6.45) is -0.954. The van der Waals surface area contributed by atoms with Crippen molar-refractivity contribution in [1.82, 2.24) is 0 Å². The first-order valence-electron chi connectivity index (χ1n) is 10.5. The van der Waals surface area contributed by atoms with Crippen LogP contribution in [0.5, 0.6) is 11.5 Å². The third-order valence-corrected chi connectivity index (χ3v) is 5.22. The van der Waals surface area contributed by atoms with E-state index in [1.54, 1.807) is 79.9 Å². The number of rotatable bonds is 8. The summed E-state index contributed by atoms with van der Waals surface area (Å²) in [6.45, 7) is 0.447. The number of nitrogens with zero attached hydrogens (tertiary/aromatic N) is 1. The van der Waals surface area contributed by atoms with Gasteiger partial charge in [-0.05, 0) is 54.6 Å². The maximum absolute atomic E-state index is 12.6. The van der Waals surface area contributed by atoms with Gasteiger partial charge in [0.05, 0.1) is 13.7 Å². The predicted molar refractivity (Wildman–Crippen MR) is 128 cm³/mol. The summed E-state index contributed by atoms with van der Waals surface area (Å²) in [6, 6.07) is 20.6. The average molecular weight is 460 g/mol. The molecule has 4 N–H and O–H groups in total. The summed E-state index contributed by atoms with van der Waals surface area (Å²) < 4.78 is 16.4. The van der Waals surface area contributed by atoms with Gasteiger partial charge >= 0.3 is 6.09 Å². The topological polar surface area (TPSA) is 127 Å². The van der Waals surface area contributed by atoms with E-state index in [4.69, 9.17) is 25.4 Å². The fourth-order valence-electron chi connectivity index (χ4n) is 3.46. The Kier molecular flexibility index (Phi) is 6.63. The van der Waals surface area contributed by atoms with Crippen molar-refractivity contribution >= 4 is 29.2 Å². The van der Waals surface area contributed by atoms with Crippen LogP contribution in [-0.4, -0.2) is 44.2 Å². The van der Waals surface area contributed by atoms with Gasteiger partial charge < -0.3 is 25.3 Å². The first-order chi connectivity index (χ1) is 16.4. The number of hydrogen-bond acceptors (Lipinski definition) is 6. The van der Waals surface area contributed by atoms with E-state index >= 15 is 0 Å². The summed E-state index contributed by atoms with van der Waals surface area (Å²) in [5.41, 5.74) is 7.74. The van der Waals surface area contributed by atoms with Crippen molar-refractivity contribution in [2.45, 2.75) is 6.10 Å². The van der Waals surface area contributed by atoms with Gasteiger partial charge in [-0.3, -0.25) is 15.1 Å². The molecule has 1 fully saturated rings. The number of amides is 2. The third kappa shape index (κ3) is 5.26. The highest BCUT2D eigenvalue weighted by Gasteiger charge is 2.32. The van der Waals surface area contributed by atoms with Gasteiger partial charge in [-0.2, -0.15) is 0 Å². The summed E-state index contributed by atoms with van der Waals surface area (Å²) in [7, 11) is 1.56. The second-order valence-electron chi connectivity index (χ2n) is 7.60. The lowest BCUT2D eigenvalue weighted by atomic mass is 10.2. The lowest BCUT2D eigenvalue weighted by Crippen LogP contribution is -2.26. The Morgan fingerprint density at radius 1 is 1.09 bits per heavy atom. The third-order valence-electron chi connectivity index (χ3n) is 5.22. The predicted octanol–water partition coefficient (Wildman–Crippen LogP) is 3.64. The molecule has 0 saturated carbocycles. The summed E-state index contributed by atoms with van der Waals surface area (Å²) in [4.78, 5) is 26.4. The lowest BCUT2D eigenvalue weighted by molar-refractivity contribution is 0.102. The molecule has 2 amide bonds. The van der Waals surface area contributed by atoms with Crippen LogP contribution in [0.25, 0.3) is 0 Å². The van der Waals surface area contributed by atoms with Gasteiger partial charge in [0.15, 0.2) is 6.10 Å². The van der Waals surface area contributed by atoms with Crippen molar-refractivity contribution in [3.63, 3.8) is 0 Å². The molecule has 3 aromatic carbocycles. The zero-order valence-electron chi connectivity index (χ0n) is 18.5. The quantitative estimate of drug-likeness (QED) is 0.348. The van der Waals surface area contributed by atoms with Crippen LogP contribution in [0.3, 0.4) is 0 Å². The van der Waals surface area contributed by atoms with Crippen LogP contribution in [0.2, 0.25) is 0 Å². The van der Waals surface area contributed by atoms with Gasteiger partial charge in [0.25, 0.3) is 5.91 Å².